The Balaban J connectivity index is 1.83. The molecule has 0 spiro atoms. The Hall–Kier alpha value is -4.44. The standard InChI is InChI=1S/C36H57B2N7O12/c1-41(21-28-9-3-5-11-30(28)37(54)55)15-7-13-39-32(46)23-44(26-35(50)51)19-17-43(25-34(48)49)18-20-45(27-36(52)53)24-33(47)40-14-8-16-42(2)22-29-10-4-6-12-31(29)38(56)57/h3-6,9-12,54-57H,7-8,13-27H2,1-2H3,(H,39,46)(H,40,47)(H,48,49)(H,50,51)(H,52,53). The van der Waals surface area contributed by atoms with Crippen molar-refractivity contribution in [3.8, 4) is 0 Å². The van der Waals surface area contributed by atoms with Gasteiger partial charge >= 0.3 is 32.1 Å². The molecule has 0 aliphatic carbocycles. The van der Waals surface area contributed by atoms with Gasteiger partial charge in [0.05, 0.1) is 32.7 Å². The maximum Gasteiger partial charge on any atom is 0.488 e. The predicted molar refractivity (Wildman–Crippen MR) is 213 cm³/mol. The van der Waals surface area contributed by atoms with Gasteiger partial charge in [0, 0.05) is 52.4 Å². The molecule has 0 aromatic heterocycles. The molecule has 2 aromatic carbocycles. The number of nitrogens with zero attached hydrogens (tertiary/aromatic N) is 5. The molecular weight excluding hydrogens is 744 g/mol. The van der Waals surface area contributed by atoms with Gasteiger partial charge in [-0.25, -0.2) is 0 Å². The molecule has 0 aliphatic heterocycles. The van der Waals surface area contributed by atoms with Gasteiger partial charge in [-0.2, -0.15) is 0 Å². The van der Waals surface area contributed by atoms with E-state index in [9.17, 15) is 59.4 Å². The smallest absolute Gasteiger partial charge is 0.480 e. The van der Waals surface area contributed by atoms with Gasteiger partial charge in [0.25, 0.3) is 0 Å². The molecule has 21 heteroatoms. The molecule has 0 radical (unpaired) electrons. The van der Waals surface area contributed by atoms with Crippen molar-refractivity contribution in [1.29, 1.82) is 0 Å². The van der Waals surface area contributed by atoms with E-state index in [0.29, 0.717) is 63.0 Å². The van der Waals surface area contributed by atoms with Crippen molar-refractivity contribution >= 4 is 54.9 Å². The van der Waals surface area contributed by atoms with Crippen LogP contribution in [0.1, 0.15) is 24.0 Å². The largest absolute Gasteiger partial charge is 0.488 e. The van der Waals surface area contributed by atoms with Crippen molar-refractivity contribution in [3.05, 3.63) is 59.7 Å². The first-order valence-corrected chi connectivity index (χ1v) is 18.6. The highest BCUT2D eigenvalue weighted by molar-refractivity contribution is 6.59. The molecule has 0 saturated heterocycles. The second kappa shape index (κ2) is 26.5. The summed E-state index contributed by atoms with van der Waals surface area (Å²) in [5, 5.41) is 72.3. The van der Waals surface area contributed by atoms with E-state index >= 15 is 0 Å². The molecule has 0 heterocycles. The number of amides is 2. The van der Waals surface area contributed by atoms with Gasteiger partial charge in [0.2, 0.25) is 11.8 Å². The van der Waals surface area contributed by atoms with E-state index in [0.717, 1.165) is 11.1 Å². The van der Waals surface area contributed by atoms with Crippen LogP contribution in [-0.2, 0) is 37.1 Å². The lowest BCUT2D eigenvalue weighted by molar-refractivity contribution is -0.141. The Morgan fingerprint density at radius 1 is 0.509 bits per heavy atom. The lowest BCUT2D eigenvalue weighted by Gasteiger charge is -2.28. The van der Waals surface area contributed by atoms with Gasteiger partial charge in [-0.05, 0) is 62.1 Å². The third-order valence-electron chi connectivity index (χ3n) is 8.90. The Labute approximate surface area is 333 Å². The van der Waals surface area contributed by atoms with E-state index < -0.39 is 63.6 Å². The summed E-state index contributed by atoms with van der Waals surface area (Å²) in [4.78, 5) is 68.4. The maximum absolute atomic E-state index is 12.7. The molecule has 0 unspecified atom stereocenters. The number of hydrogen-bond donors (Lipinski definition) is 9. The van der Waals surface area contributed by atoms with E-state index in [1.165, 1.54) is 14.7 Å². The summed E-state index contributed by atoms with van der Waals surface area (Å²) in [5.74, 6) is -4.37. The highest BCUT2D eigenvalue weighted by atomic mass is 16.4. The lowest BCUT2D eigenvalue weighted by atomic mass is 9.77. The molecule has 19 nitrogen and oxygen atoms in total. The van der Waals surface area contributed by atoms with Crippen molar-refractivity contribution in [3.63, 3.8) is 0 Å². The van der Waals surface area contributed by atoms with Crippen molar-refractivity contribution < 1.29 is 59.4 Å². The minimum atomic E-state index is -1.59. The van der Waals surface area contributed by atoms with Crippen molar-refractivity contribution in [1.82, 2.24) is 35.1 Å². The van der Waals surface area contributed by atoms with Gasteiger partial charge in [0.1, 0.15) is 0 Å². The van der Waals surface area contributed by atoms with Crippen LogP contribution in [0.25, 0.3) is 0 Å². The maximum atomic E-state index is 12.7. The molecular formula is C36H57B2N7O12. The number of rotatable bonds is 30. The minimum Gasteiger partial charge on any atom is -0.480 e. The fourth-order valence-electron chi connectivity index (χ4n) is 6.11. The zero-order valence-electron chi connectivity index (χ0n) is 32.7. The third kappa shape index (κ3) is 21.1. The van der Waals surface area contributed by atoms with Gasteiger partial charge in [0.15, 0.2) is 0 Å². The van der Waals surface area contributed by atoms with Gasteiger partial charge < -0.3 is 55.8 Å². The van der Waals surface area contributed by atoms with Crippen molar-refractivity contribution in [2.24, 2.45) is 0 Å². The fraction of sp³-hybridized carbons (Fsp3) is 0.528. The van der Waals surface area contributed by atoms with Crippen LogP contribution < -0.4 is 21.6 Å². The molecule has 0 bridgehead atoms. The molecule has 9 N–H and O–H groups in total. The zero-order valence-corrected chi connectivity index (χ0v) is 32.7. The average molecular weight is 802 g/mol. The Bertz CT molecular complexity index is 1470. The second-order valence-corrected chi connectivity index (χ2v) is 13.9. The topological polar surface area (TPSA) is 267 Å². The number of carbonyl (C=O) groups is 5. The Morgan fingerprint density at radius 2 is 0.842 bits per heavy atom. The Kier molecular flexibility index (Phi) is 22.6. The van der Waals surface area contributed by atoms with E-state index in [4.69, 9.17) is 0 Å². The monoisotopic (exact) mass is 801 g/mol. The summed E-state index contributed by atoms with van der Waals surface area (Å²) in [5.41, 5.74) is 2.34. The molecule has 0 fully saturated rings. The van der Waals surface area contributed by atoms with E-state index in [-0.39, 0.29) is 39.3 Å². The molecule has 0 saturated carbocycles. The van der Waals surface area contributed by atoms with Crippen LogP contribution in [0.5, 0.6) is 0 Å². The van der Waals surface area contributed by atoms with Crippen LogP contribution in [-0.4, -0.2) is 203 Å². The quantitative estimate of drug-likeness (QED) is 0.0268. The normalized spacial score (nSPS) is 11.4. The van der Waals surface area contributed by atoms with Crippen LogP contribution >= 0.6 is 0 Å². The first-order chi connectivity index (χ1) is 27.0. The average Bonchev–Trinajstić information content (AvgIpc) is 3.12. The minimum absolute atomic E-state index is 0.0197. The van der Waals surface area contributed by atoms with Crippen LogP contribution in [0.4, 0.5) is 0 Å². The van der Waals surface area contributed by atoms with E-state index in [2.05, 4.69) is 10.6 Å². The highest BCUT2D eigenvalue weighted by Crippen LogP contribution is 2.04. The number of carbonyl (C=O) groups excluding carboxylic acids is 2. The molecule has 57 heavy (non-hydrogen) atoms. The molecule has 2 amide bonds. The summed E-state index contributed by atoms with van der Waals surface area (Å²) in [6.45, 7) is 0.884. The van der Waals surface area contributed by atoms with Crippen molar-refractivity contribution in [2.75, 3.05) is 99.2 Å². The van der Waals surface area contributed by atoms with Crippen LogP contribution in [0.15, 0.2) is 48.5 Å². The highest BCUT2D eigenvalue weighted by Gasteiger charge is 2.21. The fourth-order valence-corrected chi connectivity index (χ4v) is 6.11. The molecule has 0 aliphatic rings. The summed E-state index contributed by atoms with van der Waals surface area (Å²) < 4.78 is 0. The zero-order chi connectivity index (χ0) is 42.3. The van der Waals surface area contributed by atoms with Crippen LogP contribution in [0, 0.1) is 0 Å². The van der Waals surface area contributed by atoms with Gasteiger partial charge in [-0.15, -0.1) is 0 Å². The van der Waals surface area contributed by atoms with Gasteiger partial charge in [-0.3, -0.25) is 38.7 Å². The Morgan fingerprint density at radius 3 is 1.19 bits per heavy atom. The lowest BCUT2D eigenvalue weighted by Crippen LogP contribution is -2.47. The summed E-state index contributed by atoms with van der Waals surface area (Å²) in [6.07, 6.45) is 1.13. The molecule has 0 atom stereocenters. The number of hydrogen-bond acceptors (Lipinski definition) is 14. The number of benzene rings is 2. The number of nitrogens with one attached hydrogen (secondary N) is 2. The van der Waals surface area contributed by atoms with E-state index in [1.807, 2.05) is 23.9 Å². The molecule has 2 rings (SSSR count). The first kappa shape index (κ1) is 48.7. The summed E-state index contributed by atoms with van der Waals surface area (Å²) in [7, 11) is 0.531. The molecule has 2 aromatic rings. The number of carboxylic acid groups (broad SMARTS) is 3. The second-order valence-electron chi connectivity index (χ2n) is 13.9. The predicted octanol–water partition coefficient (Wildman–Crippen LogP) is -4.22. The first-order valence-electron chi connectivity index (χ1n) is 18.6. The number of carboxylic acids is 3. The third-order valence-corrected chi connectivity index (χ3v) is 8.90. The van der Waals surface area contributed by atoms with Gasteiger partial charge in [-0.1, -0.05) is 48.5 Å². The van der Waals surface area contributed by atoms with Crippen LogP contribution in [0.2, 0.25) is 0 Å². The van der Waals surface area contributed by atoms with Crippen LogP contribution in [0.3, 0.4) is 0 Å². The van der Waals surface area contributed by atoms with Crippen molar-refractivity contribution in [2.45, 2.75) is 25.9 Å². The van der Waals surface area contributed by atoms with E-state index in [1.54, 1.807) is 48.5 Å². The summed E-state index contributed by atoms with van der Waals surface area (Å²) >= 11 is 0. The summed E-state index contributed by atoms with van der Waals surface area (Å²) in [6, 6.07) is 13.9. The SMILES string of the molecule is CN(CCCNC(=O)CN(CCN(CCN(CC(=O)O)CC(=O)NCCCN(C)Cc1ccccc1B(O)O)CC(=O)O)CC(=O)O)Cc1ccccc1B(O)O. The number of aliphatic carboxylic acids is 3. The molecule has 314 valence electrons.